The fourth-order valence-corrected chi connectivity index (χ4v) is 4.64. The van der Waals surface area contributed by atoms with Crippen molar-refractivity contribution in [3.8, 4) is 0 Å². The van der Waals surface area contributed by atoms with E-state index in [0.717, 1.165) is 55.7 Å². The molecule has 2 saturated heterocycles. The molecule has 2 aliphatic rings. The molecule has 2 N–H and O–H groups in total. The van der Waals surface area contributed by atoms with Crippen LogP contribution >= 0.6 is 11.3 Å². The minimum Gasteiger partial charge on any atom is -0.396 e. The number of aliphatic hydroxyl groups excluding tert-OH is 2. The minimum absolute atomic E-state index is 0.240. The van der Waals surface area contributed by atoms with Crippen LogP contribution < -0.4 is 4.90 Å². The molecule has 7 heteroatoms. The van der Waals surface area contributed by atoms with Crippen LogP contribution in [-0.2, 0) is 0 Å². The molecule has 2 fully saturated rings. The van der Waals surface area contributed by atoms with Crippen LogP contribution in [-0.4, -0.2) is 71.2 Å². The van der Waals surface area contributed by atoms with Gasteiger partial charge in [-0.15, -0.1) is 10.2 Å². The van der Waals surface area contributed by atoms with Crippen LogP contribution in [0.4, 0.5) is 5.13 Å². The molecule has 0 aromatic carbocycles. The monoisotopic (exact) mass is 354 g/mol. The van der Waals surface area contributed by atoms with Crippen molar-refractivity contribution in [1.82, 2.24) is 15.1 Å². The molecular formula is C17H30N4O2S. The van der Waals surface area contributed by atoms with E-state index >= 15 is 0 Å². The van der Waals surface area contributed by atoms with Crippen molar-refractivity contribution in [3.05, 3.63) is 5.01 Å². The first-order valence-electron chi connectivity index (χ1n) is 9.13. The fourth-order valence-electron chi connectivity index (χ4n) is 3.78. The molecule has 0 bridgehead atoms. The van der Waals surface area contributed by atoms with Crippen LogP contribution in [0.2, 0.25) is 0 Å². The molecule has 0 unspecified atom stereocenters. The van der Waals surface area contributed by atoms with Gasteiger partial charge in [0.2, 0.25) is 5.13 Å². The number of piperidine rings is 1. The molecule has 3 heterocycles. The van der Waals surface area contributed by atoms with E-state index in [1.54, 1.807) is 11.3 Å². The fraction of sp³-hybridized carbons (Fsp3) is 0.882. The van der Waals surface area contributed by atoms with E-state index in [0.29, 0.717) is 30.3 Å². The summed E-state index contributed by atoms with van der Waals surface area (Å²) in [4.78, 5) is 4.80. The average Bonchev–Trinajstić information content (AvgIpc) is 3.22. The predicted octanol–water partition coefficient (Wildman–Crippen LogP) is 1.41. The van der Waals surface area contributed by atoms with Crippen molar-refractivity contribution in [1.29, 1.82) is 0 Å². The van der Waals surface area contributed by atoms with Gasteiger partial charge in [-0.05, 0) is 37.8 Å². The molecule has 0 aliphatic carbocycles. The van der Waals surface area contributed by atoms with Crippen molar-refractivity contribution in [3.63, 3.8) is 0 Å². The number of nitrogens with zero attached hydrogens (tertiary/aromatic N) is 4. The average molecular weight is 355 g/mol. The lowest BCUT2D eigenvalue weighted by Gasteiger charge is -2.33. The van der Waals surface area contributed by atoms with Gasteiger partial charge in [0.1, 0.15) is 5.01 Å². The van der Waals surface area contributed by atoms with Crippen LogP contribution in [0, 0.1) is 17.8 Å². The zero-order valence-corrected chi connectivity index (χ0v) is 15.6. The molecule has 0 amide bonds. The van der Waals surface area contributed by atoms with E-state index in [2.05, 4.69) is 33.8 Å². The van der Waals surface area contributed by atoms with E-state index in [9.17, 15) is 10.2 Å². The van der Waals surface area contributed by atoms with Crippen molar-refractivity contribution < 1.29 is 10.2 Å². The molecule has 0 radical (unpaired) electrons. The number of likely N-dealkylation sites (tertiary alicyclic amines) is 1. The lowest BCUT2D eigenvalue weighted by Crippen LogP contribution is -2.40. The second-order valence-corrected chi connectivity index (χ2v) is 8.60. The molecular weight excluding hydrogens is 324 g/mol. The van der Waals surface area contributed by atoms with E-state index in [4.69, 9.17) is 0 Å². The van der Waals surface area contributed by atoms with Crippen molar-refractivity contribution >= 4 is 16.5 Å². The Morgan fingerprint density at radius 2 is 1.79 bits per heavy atom. The van der Waals surface area contributed by atoms with Crippen molar-refractivity contribution in [2.75, 3.05) is 50.8 Å². The summed E-state index contributed by atoms with van der Waals surface area (Å²) in [6.45, 7) is 9.85. The molecule has 2 aliphatic heterocycles. The third-order valence-electron chi connectivity index (χ3n) is 5.46. The standard InChI is InChI=1S/C17H30N4O2S/c1-12(2)16-18-19-17(24-16)21-8-14(15(9-21)11-23)7-20-5-3-13(10-22)4-6-20/h12-15,22-23H,3-11H2,1-2H3/t14-,15-/m1/s1. The molecule has 1 aromatic heterocycles. The van der Waals surface area contributed by atoms with Crippen molar-refractivity contribution in [2.45, 2.75) is 32.6 Å². The first kappa shape index (κ1) is 18.0. The van der Waals surface area contributed by atoms with Crippen LogP contribution in [0.1, 0.15) is 37.6 Å². The maximum atomic E-state index is 9.79. The molecule has 0 saturated carbocycles. The Hall–Kier alpha value is -0.760. The highest BCUT2D eigenvalue weighted by molar-refractivity contribution is 7.15. The highest BCUT2D eigenvalue weighted by Crippen LogP contribution is 2.33. The van der Waals surface area contributed by atoms with Gasteiger partial charge in [-0.1, -0.05) is 25.2 Å². The van der Waals surface area contributed by atoms with Gasteiger partial charge in [0.05, 0.1) is 0 Å². The first-order valence-corrected chi connectivity index (χ1v) is 9.94. The summed E-state index contributed by atoms with van der Waals surface area (Å²) in [7, 11) is 0. The normalized spacial score (nSPS) is 26.6. The Morgan fingerprint density at radius 3 is 2.38 bits per heavy atom. The maximum Gasteiger partial charge on any atom is 0.208 e. The Morgan fingerprint density at radius 1 is 1.08 bits per heavy atom. The van der Waals surface area contributed by atoms with Gasteiger partial charge in [-0.3, -0.25) is 0 Å². The summed E-state index contributed by atoms with van der Waals surface area (Å²) in [5, 5.41) is 29.8. The van der Waals surface area contributed by atoms with Gasteiger partial charge < -0.3 is 20.0 Å². The zero-order valence-electron chi connectivity index (χ0n) is 14.8. The van der Waals surface area contributed by atoms with Gasteiger partial charge in [0, 0.05) is 44.7 Å². The Bertz CT molecular complexity index is 516. The number of rotatable bonds is 6. The first-order chi connectivity index (χ1) is 11.6. The van der Waals surface area contributed by atoms with Crippen LogP contribution in [0.3, 0.4) is 0 Å². The zero-order chi connectivity index (χ0) is 17.1. The number of anilines is 1. The third kappa shape index (κ3) is 4.07. The largest absolute Gasteiger partial charge is 0.396 e. The lowest BCUT2D eigenvalue weighted by molar-refractivity contribution is 0.106. The Labute approximate surface area is 148 Å². The molecule has 1 aromatic rings. The molecule has 0 spiro atoms. The Balaban J connectivity index is 1.58. The van der Waals surface area contributed by atoms with Crippen molar-refractivity contribution in [2.24, 2.45) is 17.8 Å². The topological polar surface area (TPSA) is 72.7 Å². The summed E-state index contributed by atoms with van der Waals surface area (Å²) in [5.41, 5.74) is 0. The SMILES string of the molecule is CC(C)c1nnc(N2C[C@@H](CN3CCC(CO)CC3)[C@@H](CO)C2)s1. The second-order valence-electron chi connectivity index (χ2n) is 7.61. The highest BCUT2D eigenvalue weighted by atomic mass is 32.1. The quantitative estimate of drug-likeness (QED) is 0.805. The summed E-state index contributed by atoms with van der Waals surface area (Å²) >= 11 is 1.68. The van der Waals surface area contributed by atoms with Gasteiger partial charge in [-0.25, -0.2) is 0 Å². The van der Waals surface area contributed by atoms with Crippen LogP contribution in [0.15, 0.2) is 0 Å². The molecule has 24 heavy (non-hydrogen) atoms. The summed E-state index contributed by atoms with van der Waals surface area (Å²) in [6.07, 6.45) is 2.18. The maximum absolute atomic E-state index is 9.79. The number of aromatic nitrogens is 2. The van der Waals surface area contributed by atoms with E-state index in [1.165, 1.54) is 0 Å². The van der Waals surface area contributed by atoms with Gasteiger partial charge in [0.25, 0.3) is 0 Å². The third-order valence-corrected chi connectivity index (χ3v) is 6.75. The van der Waals surface area contributed by atoms with Gasteiger partial charge >= 0.3 is 0 Å². The van der Waals surface area contributed by atoms with Crippen LogP contribution in [0.5, 0.6) is 0 Å². The molecule has 2 atom stereocenters. The predicted molar refractivity (Wildman–Crippen MR) is 96.5 cm³/mol. The van der Waals surface area contributed by atoms with E-state index in [1.807, 2.05) is 0 Å². The number of hydrogen-bond donors (Lipinski definition) is 2. The Kier molecular flexibility index (Phi) is 6.07. The molecule has 136 valence electrons. The molecule has 3 rings (SSSR count). The number of hydrogen-bond acceptors (Lipinski definition) is 7. The van der Waals surface area contributed by atoms with Gasteiger partial charge in [0.15, 0.2) is 0 Å². The van der Waals surface area contributed by atoms with Crippen LogP contribution in [0.25, 0.3) is 0 Å². The number of aliphatic hydroxyl groups is 2. The molecule has 6 nitrogen and oxygen atoms in total. The van der Waals surface area contributed by atoms with E-state index < -0.39 is 0 Å². The summed E-state index contributed by atoms with van der Waals surface area (Å²) < 4.78 is 0. The smallest absolute Gasteiger partial charge is 0.208 e. The summed E-state index contributed by atoms with van der Waals surface area (Å²) in [5.74, 6) is 1.68. The van der Waals surface area contributed by atoms with Gasteiger partial charge in [-0.2, -0.15) is 0 Å². The second kappa shape index (κ2) is 8.08. The van der Waals surface area contributed by atoms with E-state index in [-0.39, 0.29) is 6.61 Å². The highest BCUT2D eigenvalue weighted by Gasteiger charge is 2.35. The minimum atomic E-state index is 0.240. The summed E-state index contributed by atoms with van der Waals surface area (Å²) in [6, 6.07) is 0. The lowest BCUT2D eigenvalue weighted by atomic mass is 9.93.